The summed E-state index contributed by atoms with van der Waals surface area (Å²) in [6, 6.07) is 9.58. The molecule has 1 saturated carbocycles. The van der Waals surface area contributed by atoms with Crippen molar-refractivity contribution < 1.29 is 28.6 Å². The Labute approximate surface area is 179 Å². The zero-order valence-corrected chi connectivity index (χ0v) is 17.4. The molecule has 4 rings (SSSR count). The standard InChI is InChI=1S/C24H24FNO5/c1-30-18-12-11-14(13-19(18)31-2)22(27)20-21(16-9-5-6-10-17(16)25)26(24(29)23(20)28)15-7-3-4-8-15/h5-6,9-13,15,21,27H,3-4,7-8H2,1-2H3/b22-20+. The van der Waals surface area contributed by atoms with Crippen molar-refractivity contribution in [1.82, 2.24) is 4.90 Å². The molecule has 2 aliphatic rings. The molecule has 162 valence electrons. The summed E-state index contributed by atoms with van der Waals surface area (Å²) in [4.78, 5) is 27.6. The number of ether oxygens (including phenoxy) is 2. The van der Waals surface area contributed by atoms with Gasteiger partial charge in [0, 0.05) is 17.2 Å². The minimum absolute atomic E-state index is 0.116. The maximum Gasteiger partial charge on any atom is 0.295 e. The van der Waals surface area contributed by atoms with Crippen molar-refractivity contribution in [3.63, 3.8) is 0 Å². The van der Waals surface area contributed by atoms with Crippen molar-refractivity contribution in [2.75, 3.05) is 14.2 Å². The third-order valence-corrected chi connectivity index (χ3v) is 6.05. The van der Waals surface area contributed by atoms with Gasteiger partial charge in [-0.15, -0.1) is 0 Å². The van der Waals surface area contributed by atoms with Crippen LogP contribution in [0.15, 0.2) is 48.0 Å². The second kappa shape index (κ2) is 8.41. The van der Waals surface area contributed by atoms with Crippen LogP contribution in [-0.4, -0.2) is 42.0 Å². The molecule has 0 bridgehead atoms. The first-order chi connectivity index (χ1) is 15.0. The number of aliphatic hydroxyl groups excluding tert-OH is 1. The lowest BCUT2D eigenvalue weighted by atomic mass is 9.94. The Morgan fingerprint density at radius 1 is 1.03 bits per heavy atom. The Morgan fingerprint density at radius 3 is 2.35 bits per heavy atom. The van der Waals surface area contributed by atoms with Crippen LogP contribution in [-0.2, 0) is 9.59 Å². The third kappa shape index (κ3) is 3.54. The lowest BCUT2D eigenvalue weighted by molar-refractivity contribution is -0.141. The minimum Gasteiger partial charge on any atom is -0.507 e. The van der Waals surface area contributed by atoms with Gasteiger partial charge < -0.3 is 19.5 Å². The maximum atomic E-state index is 14.8. The fourth-order valence-electron chi connectivity index (χ4n) is 4.55. The van der Waals surface area contributed by atoms with Gasteiger partial charge in [0.25, 0.3) is 11.7 Å². The van der Waals surface area contributed by atoms with Crippen LogP contribution in [0.5, 0.6) is 11.5 Å². The number of benzene rings is 2. The summed E-state index contributed by atoms with van der Waals surface area (Å²) in [6.07, 6.45) is 3.36. The molecule has 1 N–H and O–H groups in total. The van der Waals surface area contributed by atoms with Crippen LogP contribution in [0, 0.1) is 5.82 Å². The second-order valence-electron chi connectivity index (χ2n) is 7.74. The van der Waals surface area contributed by atoms with Crippen molar-refractivity contribution in [2.45, 2.75) is 37.8 Å². The molecule has 1 amide bonds. The summed E-state index contributed by atoms with van der Waals surface area (Å²) in [7, 11) is 2.95. The van der Waals surface area contributed by atoms with E-state index in [-0.39, 0.29) is 28.5 Å². The van der Waals surface area contributed by atoms with Gasteiger partial charge in [0.1, 0.15) is 11.6 Å². The quantitative estimate of drug-likeness (QED) is 0.441. The molecule has 1 aliphatic heterocycles. The van der Waals surface area contributed by atoms with E-state index in [2.05, 4.69) is 0 Å². The number of methoxy groups -OCH3 is 2. The van der Waals surface area contributed by atoms with E-state index in [1.165, 1.54) is 31.3 Å². The predicted molar refractivity (Wildman–Crippen MR) is 112 cm³/mol. The highest BCUT2D eigenvalue weighted by Crippen LogP contribution is 2.44. The summed E-state index contributed by atoms with van der Waals surface area (Å²) >= 11 is 0. The Morgan fingerprint density at radius 2 is 1.71 bits per heavy atom. The van der Waals surface area contributed by atoms with Crippen molar-refractivity contribution >= 4 is 17.4 Å². The number of Topliss-reactive ketones (excluding diaryl/α,β-unsaturated/α-hetero) is 1. The van der Waals surface area contributed by atoms with E-state index >= 15 is 0 Å². The topological polar surface area (TPSA) is 76.1 Å². The van der Waals surface area contributed by atoms with Crippen molar-refractivity contribution in [3.8, 4) is 11.5 Å². The molecule has 1 heterocycles. The molecular formula is C24H24FNO5. The number of likely N-dealkylation sites (tertiary alicyclic amines) is 1. The number of ketones is 1. The molecule has 31 heavy (non-hydrogen) atoms. The first-order valence-electron chi connectivity index (χ1n) is 10.2. The smallest absolute Gasteiger partial charge is 0.295 e. The summed E-state index contributed by atoms with van der Waals surface area (Å²) in [5.41, 5.74) is 0.355. The number of hydrogen-bond acceptors (Lipinski definition) is 5. The molecule has 0 spiro atoms. The number of carbonyl (C=O) groups excluding carboxylic acids is 2. The van der Waals surface area contributed by atoms with Gasteiger partial charge in [-0.2, -0.15) is 0 Å². The molecule has 2 aromatic carbocycles. The summed E-state index contributed by atoms with van der Waals surface area (Å²) in [5.74, 6) is -1.60. The Kier molecular flexibility index (Phi) is 5.67. The van der Waals surface area contributed by atoms with Crippen molar-refractivity contribution in [1.29, 1.82) is 0 Å². The average molecular weight is 425 g/mol. The lowest BCUT2D eigenvalue weighted by Gasteiger charge is -2.31. The number of hydrogen-bond donors (Lipinski definition) is 1. The number of amides is 1. The van der Waals surface area contributed by atoms with E-state index in [4.69, 9.17) is 9.47 Å². The van der Waals surface area contributed by atoms with Crippen LogP contribution >= 0.6 is 0 Å². The lowest BCUT2D eigenvalue weighted by Crippen LogP contribution is -2.38. The van der Waals surface area contributed by atoms with Gasteiger partial charge in [-0.05, 0) is 37.1 Å². The number of aliphatic hydroxyl groups is 1. The van der Waals surface area contributed by atoms with Gasteiger partial charge in [-0.25, -0.2) is 4.39 Å². The van der Waals surface area contributed by atoms with E-state index in [9.17, 15) is 19.1 Å². The van der Waals surface area contributed by atoms with Gasteiger partial charge in [0.15, 0.2) is 11.5 Å². The largest absolute Gasteiger partial charge is 0.507 e. The molecule has 1 atom stereocenters. The molecular weight excluding hydrogens is 401 g/mol. The molecule has 1 saturated heterocycles. The van der Waals surface area contributed by atoms with E-state index in [1.807, 2.05) is 0 Å². The highest BCUT2D eigenvalue weighted by atomic mass is 19.1. The molecule has 2 fully saturated rings. The number of rotatable bonds is 5. The van der Waals surface area contributed by atoms with Gasteiger partial charge in [-0.1, -0.05) is 31.0 Å². The minimum atomic E-state index is -0.989. The average Bonchev–Trinajstić information content (AvgIpc) is 3.40. The fourth-order valence-corrected chi connectivity index (χ4v) is 4.55. The summed E-state index contributed by atoms with van der Waals surface area (Å²) in [6.45, 7) is 0. The highest BCUT2D eigenvalue weighted by molar-refractivity contribution is 6.46. The molecule has 2 aromatic rings. The zero-order chi connectivity index (χ0) is 22.1. The Bertz CT molecular complexity index is 1060. The van der Waals surface area contributed by atoms with E-state index in [0.29, 0.717) is 11.5 Å². The van der Waals surface area contributed by atoms with Gasteiger partial charge in [0.05, 0.1) is 25.8 Å². The predicted octanol–water partition coefficient (Wildman–Crippen LogP) is 4.21. The van der Waals surface area contributed by atoms with Crippen LogP contribution in [0.4, 0.5) is 4.39 Å². The maximum absolute atomic E-state index is 14.8. The molecule has 0 aromatic heterocycles. The van der Waals surface area contributed by atoms with E-state index in [0.717, 1.165) is 25.7 Å². The SMILES string of the molecule is COc1ccc(/C(O)=C2\C(=O)C(=O)N(C3CCCC3)C2c2ccccc2F)cc1OC. The molecule has 1 aliphatic carbocycles. The molecule has 7 heteroatoms. The Hall–Kier alpha value is -3.35. The monoisotopic (exact) mass is 425 g/mol. The second-order valence-corrected chi connectivity index (χ2v) is 7.74. The third-order valence-electron chi connectivity index (χ3n) is 6.05. The van der Waals surface area contributed by atoms with Crippen LogP contribution < -0.4 is 9.47 Å². The first kappa shape index (κ1) is 20.9. The highest BCUT2D eigenvalue weighted by Gasteiger charge is 2.49. The van der Waals surface area contributed by atoms with Gasteiger partial charge in [-0.3, -0.25) is 9.59 Å². The summed E-state index contributed by atoms with van der Waals surface area (Å²) in [5, 5.41) is 11.1. The van der Waals surface area contributed by atoms with Crippen molar-refractivity contribution in [3.05, 3.63) is 65.0 Å². The molecule has 1 unspecified atom stereocenters. The zero-order valence-electron chi connectivity index (χ0n) is 17.4. The van der Waals surface area contributed by atoms with Gasteiger partial charge in [0.2, 0.25) is 0 Å². The summed E-state index contributed by atoms with van der Waals surface area (Å²) < 4.78 is 25.3. The van der Waals surface area contributed by atoms with Crippen LogP contribution in [0.3, 0.4) is 0 Å². The first-order valence-corrected chi connectivity index (χ1v) is 10.2. The molecule has 0 radical (unpaired) electrons. The number of halogens is 1. The van der Waals surface area contributed by atoms with Crippen molar-refractivity contribution in [2.24, 2.45) is 0 Å². The number of carbonyl (C=O) groups is 2. The number of nitrogens with zero attached hydrogens (tertiary/aromatic N) is 1. The van der Waals surface area contributed by atoms with E-state index < -0.39 is 23.5 Å². The van der Waals surface area contributed by atoms with E-state index in [1.54, 1.807) is 30.3 Å². The van der Waals surface area contributed by atoms with Gasteiger partial charge >= 0.3 is 0 Å². The van der Waals surface area contributed by atoms with Crippen LogP contribution in [0.2, 0.25) is 0 Å². The normalized spacial score (nSPS) is 21.0. The Balaban J connectivity index is 1.90. The van der Waals surface area contributed by atoms with Crippen LogP contribution in [0.25, 0.3) is 5.76 Å². The fraction of sp³-hybridized carbons (Fsp3) is 0.333. The molecule has 6 nitrogen and oxygen atoms in total. The van der Waals surface area contributed by atoms with Crippen LogP contribution in [0.1, 0.15) is 42.9 Å².